The molecule has 0 spiro atoms. The van der Waals surface area contributed by atoms with Gasteiger partial charge in [-0.15, -0.1) is 0 Å². The van der Waals surface area contributed by atoms with Crippen molar-refractivity contribution in [1.82, 2.24) is 4.31 Å². The zero-order valence-electron chi connectivity index (χ0n) is 14.6. The zero-order valence-corrected chi connectivity index (χ0v) is 17.0. The van der Waals surface area contributed by atoms with Gasteiger partial charge >= 0.3 is 0 Å². The molecule has 1 aliphatic rings. The number of benzene rings is 2. The Balaban J connectivity index is 1.86. The Bertz CT molecular complexity index is 1040. The summed E-state index contributed by atoms with van der Waals surface area (Å²) in [7, 11) is 0. The van der Waals surface area contributed by atoms with Crippen molar-refractivity contribution in [1.29, 1.82) is 0 Å². The predicted molar refractivity (Wildman–Crippen MR) is 113 cm³/mol. The van der Waals surface area contributed by atoms with E-state index < -0.39 is 17.4 Å². The van der Waals surface area contributed by atoms with E-state index in [0.717, 1.165) is 5.56 Å². The number of ketones is 1. The third-order valence-corrected chi connectivity index (χ3v) is 6.70. The number of nitrogens with zero attached hydrogens (tertiary/aromatic N) is 1. The fourth-order valence-electron chi connectivity index (χ4n) is 3.75. The molecular weight excluding hydrogens is 414 g/mol. The molecule has 1 N–H and O–H groups in total. The van der Waals surface area contributed by atoms with Crippen LogP contribution in [-0.2, 0) is 15.1 Å². The van der Waals surface area contributed by atoms with Crippen LogP contribution in [-0.4, -0.2) is 21.1 Å². The highest BCUT2D eigenvalue weighted by molar-refractivity contribution is 7.78. The quantitative estimate of drug-likeness (QED) is 0.465. The number of carbonyl (C=O) groups excluding carboxylic acids is 2. The second-order valence-corrected chi connectivity index (χ2v) is 8.25. The van der Waals surface area contributed by atoms with E-state index in [-0.39, 0.29) is 18.0 Å². The first-order valence-electron chi connectivity index (χ1n) is 8.57. The van der Waals surface area contributed by atoms with Gasteiger partial charge in [0.15, 0.2) is 5.78 Å². The van der Waals surface area contributed by atoms with E-state index in [0.29, 0.717) is 16.1 Å². The van der Waals surface area contributed by atoms with Crippen molar-refractivity contribution in [3.05, 3.63) is 87.1 Å². The normalized spacial score (nSPS) is 22.5. The summed E-state index contributed by atoms with van der Waals surface area (Å²) < 4.78 is 1.34. The Hall–Kier alpha value is -2.28. The monoisotopic (exact) mass is 429 g/mol. The molecule has 1 saturated heterocycles. The lowest BCUT2D eigenvalue weighted by Gasteiger charge is -2.46. The lowest BCUT2D eigenvalue weighted by molar-refractivity contribution is -0.142. The number of Topliss-reactive ketones (excluding diaryl/α,β-unsaturated/α-hetero) is 1. The predicted octanol–water partition coefficient (Wildman–Crippen LogP) is 4.78. The second kappa shape index (κ2) is 7.28. The molecule has 2 heterocycles. The molecule has 7 heteroatoms. The minimum absolute atomic E-state index is 0.0552. The molecule has 2 atom stereocenters. The number of hydrogen-bond acceptors (Lipinski definition) is 5. The van der Waals surface area contributed by atoms with Crippen molar-refractivity contribution < 1.29 is 14.7 Å². The Kier molecular flexibility index (Phi) is 4.95. The average molecular weight is 430 g/mol. The molecule has 0 bridgehead atoms. The van der Waals surface area contributed by atoms with Crippen LogP contribution in [0.1, 0.15) is 29.0 Å². The van der Waals surface area contributed by atoms with Crippen LogP contribution in [0.25, 0.3) is 0 Å². The number of rotatable bonds is 3. The van der Waals surface area contributed by atoms with Gasteiger partial charge in [-0.2, -0.15) is 11.3 Å². The van der Waals surface area contributed by atoms with Crippen LogP contribution in [0.3, 0.4) is 0 Å². The summed E-state index contributed by atoms with van der Waals surface area (Å²) in [6.07, 6.45) is 0.0552. The molecule has 2 aromatic carbocycles. The van der Waals surface area contributed by atoms with Crippen LogP contribution >= 0.6 is 35.8 Å². The third kappa shape index (κ3) is 2.92. The van der Waals surface area contributed by atoms with Gasteiger partial charge < -0.3 is 5.11 Å². The first-order chi connectivity index (χ1) is 13.4. The van der Waals surface area contributed by atoms with E-state index in [9.17, 15) is 14.7 Å². The van der Waals surface area contributed by atoms with Crippen molar-refractivity contribution in [3.8, 4) is 5.75 Å². The molecule has 1 aliphatic heterocycles. The fraction of sp³-hybridized carbons (Fsp3) is 0.143. The van der Waals surface area contributed by atoms with Gasteiger partial charge in [-0.3, -0.25) is 13.9 Å². The number of amides is 1. The van der Waals surface area contributed by atoms with E-state index in [4.69, 9.17) is 11.6 Å². The minimum atomic E-state index is -1.05. The Morgan fingerprint density at radius 3 is 2.43 bits per heavy atom. The van der Waals surface area contributed by atoms with E-state index in [1.165, 1.54) is 15.6 Å². The summed E-state index contributed by atoms with van der Waals surface area (Å²) in [5.41, 5.74) is 0.946. The molecule has 1 amide bonds. The van der Waals surface area contributed by atoms with Crippen molar-refractivity contribution >= 4 is 47.4 Å². The standard InChI is InChI=1S/C21H16ClNO3S2/c22-17-4-2-1-3-16(17)19-18(25)11-21(23(27)20(19)26,14-9-10-28-12-14)13-5-7-15(24)8-6-13/h1-10,12,19,24,27H,11H2. The van der Waals surface area contributed by atoms with Crippen LogP contribution in [0.15, 0.2) is 65.4 Å². The molecule has 4 nitrogen and oxygen atoms in total. The first-order valence-corrected chi connectivity index (χ1v) is 10.3. The fourth-order valence-corrected chi connectivity index (χ4v) is 5.13. The van der Waals surface area contributed by atoms with Crippen LogP contribution < -0.4 is 0 Å². The molecule has 28 heavy (non-hydrogen) atoms. The van der Waals surface area contributed by atoms with Gasteiger partial charge in [0, 0.05) is 11.4 Å². The molecule has 4 rings (SSSR count). The summed E-state index contributed by atoms with van der Waals surface area (Å²) in [5, 5.41) is 13.9. The van der Waals surface area contributed by atoms with Crippen molar-refractivity contribution in [3.63, 3.8) is 0 Å². The molecule has 1 aromatic heterocycles. The molecule has 3 aromatic rings. The topological polar surface area (TPSA) is 57.6 Å². The van der Waals surface area contributed by atoms with Crippen LogP contribution in [0.4, 0.5) is 0 Å². The summed E-state index contributed by atoms with van der Waals surface area (Å²) in [4.78, 5) is 26.6. The van der Waals surface area contributed by atoms with Crippen LogP contribution in [0.5, 0.6) is 5.75 Å². The molecule has 0 aliphatic carbocycles. The van der Waals surface area contributed by atoms with Gasteiger partial charge in [0.2, 0.25) is 5.91 Å². The van der Waals surface area contributed by atoms with E-state index >= 15 is 0 Å². The van der Waals surface area contributed by atoms with Crippen LogP contribution in [0.2, 0.25) is 5.02 Å². The van der Waals surface area contributed by atoms with Gasteiger partial charge in [0.05, 0.1) is 0 Å². The summed E-state index contributed by atoms with van der Waals surface area (Å²) >= 11 is 12.3. The highest BCUT2D eigenvalue weighted by Gasteiger charge is 2.52. The summed E-state index contributed by atoms with van der Waals surface area (Å²) in [5.74, 6) is -1.53. The zero-order chi connectivity index (χ0) is 19.9. The smallest absolute Gasteiger partial charge is 0.248 e. The average Bonchev–Trinajstić information content (AvgIpc) is 3.22. The SMILES string of the molecule is O=C1CC(c2ccc(O)cc2)(c2ccsc2)N(S)C(=O)C1c1ccccc1Cl. The largest absolute Gasteiger partial charge is 0.508 e. The van der Waals surface area contributed by atoms with Gasteiger partial charge in [-0.1, -0.05) is 54.7 Å². The molecule has 1 fully saturated rings. The van der Waals surface area contributed by atoms with Crippen molar-refractivity contribution in [2.75, 3.05) is 0 Å². The van der Waals surface area contributed by atoms with Crippen molar-refractivity contribution in [2.45, 2.75) is 17.9 Å². The number of thiophene rings is 1. The number of carbonyl (C=O) groups is 2. The molecule has 0 radical (unpaired) electrons. The lowest BCUT2D eigenvalue weighted by Crippen LogP contribution is -2.54. The van der Waals surface area contributed by atoms with Crippen LogP contribution in [0, 0.1) is 0 Å². The number of thiol groups is 1. The highest BCUT2D eigenvalue weighted by atomic mass is 35.5. The van der Waals surface area contributed by atoms with E-state index in [2.05, 4.69) is 12.8 Å². The summed E-state index contributed by atoms with van der Waals surface area (Å²) in [6, 6.07) is 15.3. The van der Waals surface area contributed by atoms with E-state index in [1.807, 2.05) is 16.8 Å². The molecular formula is C21H16ClNO3S2. The Morgan fingerprint density at radius 1 is 1.07 bits per heavy atom. The second-order valence-electron chi connectivity index (χ2n) is 6.67. The maximum Gasteiger partial charge on any atom is 0.248 e. The Morgan fingerprint density at radius 2 is 1.79 bits per heavy atom. The Labute approximate surface area is 176 Å². The highest BCUT2D eigenvalue weighted by Crippen LogP contribution is 2.48. The number of piperidine rings is 1. The molecule has 0 saturated carbocycles. The van der Waals surface area contributed by atoms with Crippen molar-refractivity contribution in [2.24, 2.45) is 0 Å². The molecule has 142 valence electrons. The maximum absolute atomic E-state index is 13.4. The lowest BCUT2D eigenvalue weighted by atomic mass is 9.73. The number of phenols is 1. The minimum Gasteiger partial charge on any atom is -0.508 e. The number of hydrogen-bond donors (Lipinski definition) is 2. The number of halogens is 1. The number of phenolic OH excluding ortho intramolecular Hbond substituents is 1. The van der Waals surface area contributed by atoms with Gasteiger partial charge in [-0.05, 0) is 51.7 Å². The maximum atomic E-state index is 13.4. The molecule has 2 unspecified atom stereocenters. The van der Waals surface area contributed by atoms with Gasteiger partial charge in [-0.25, -0.2) is 0 Å². The summed E-state index contributed by atoms with van der Waals surface area (Å²) in [6.45, 7) is 0. The van der Waals surface area contributed by atoms with E-state index in [1.54, 1.807) is 48.5 Å². The van der Waals surface area contributed by atoms with Gasteiger partial charge in [0.25, 0.3) is 0 Å². The number of aromatic hydroxyl groups is 1. The van der Waals surface area contributed by atoms with Gasteiger partial charge in [0.1, 0.15) is 17.2 Å². The third-order valence-electron chi connectivity index (χ3n) is 5.13. The first kappa shape index (κ1) is 19.1.